The zero-order valence-corrected chi connectivity index (χ0v) is 11.1. The smallest absolute Gasteiger partial charge is 0.161 e. The number of nitrogens with two attached hydrogens (primary N) is 1. The molecule has 2 rings (SSSR count). The number of nitrogen functional groups attached to an aromatic ring is 1. The fourth-order valence-corrected chi connectivity index (χ4v) is 2.29. The molecule has 4 heteroatoms. The van der Waals surface area contributed by atoms with Crippen molar-refractivity contribution in [2.24, 2.45) is 0 Å². The monoisotopic (exact) mass is 248 g/mol. The van der Waals surface area contributed by atoms with Crippen LogP contribution in [0.2, 0.25) is 0 Å². The van der Waals surface area contributed by atoms with Gasteiger partial charge in [-0.15, -0.1) is 0 Å². The first-order valence-corrected chi connectivity index (χ1v) is 6.27. The van der Waals surface area contributed by atoms with Crippen molar-refractivity contribution in [1.29, 1.82) is 0 Å². The Bertz CT molecular complexity index is 459. The van der Waals surface area contributed by atoms with Gasteiger partial charge in [0.25, 0.3) is 0 Å². The summed E-state index contributed by atoms with van der Waals surface area (Å²) in [7, 11) is 0. The maximum Gasteiger partial charge on any atom is 0.161 e. The van der Waals surface area contributed by atoms with E-state index >= 15 is 0 Å². The summed E-state index contributed by atoms with van der Waals surface area (Å²) in [6, 6.07) is 5.96. The quantitative estimate of drug-likeness (QED) is 0.643. The normalized spacial score (nSPS) is 24.1. The number of ketones is 1. The Morgan fingerprint density at radius 3 is 2.83 bits per heavy atom. The molecule has 1 aliphatic rings. The van der Waals surface area contributed by atoms with Gasteiger partial charge in [0, 0.05) is 29.5 Å². The fraction of sp³-hybridized carbons (Fsp3) is 0.500. The summed E-state index contributed by atoms with van der Waals surface area (Å²) in [5.74, 6) is 0.00307. The van der Waals surface area contributed by atoms with Crippen LogP contribution in [0, 0.1) is 0 Å². The molecule has 2 atom stereocenters. The van der Waals surface area contributed by atoms with Crippen LogP contribution in [0.4, 0.5) is 11.4 Å². The van der Waals surface area contributed by atoms with E-state index in [9.17, 15) is 4.79 Å². The molecule has 0 saturated carbocycles. The van der Waals surface area contributed by atoms with Crippen molar-refractivity contribution in [3.05, 3.63) is 23.8 Å². The van der Waals surface area contributed by atoms with E-state index in [0.717, 1.165) is 12.2 Å². The predicted molar refractivity (Wildman–Crippen MR) is 73.1 cm³/mol. The van der Waals surface area contributed by atoms with E-state index in [-0.39, 0.29) is 11.9 Å². The number of hydrogen-bond donors (Lipinski definition) is 1. The van der Waals surface area contributed by atoms with Crippen LogP contribution in [-0.2, 0) is 4.74 Å². The van der Waals surface area contributed by atoms with Crippen molar-refractivity contribution in [3.63, 3.8) is 0 Å². The average Bonchev–Trinajstić information content (AvgIpc) is 2.33. The van der Waals surface area contributed by atoms with Crippen molar-refractivity contribution in [3.8, 4) is 0 Å². The van der Waals surface area contributed by atoms with E-state index in [4.69, 9.17) is 10.5 Å². The van der Waals surface area contributed by atoms with E-state index in [0.29, 0.717) is 23.9 Å². The van der Waals surface area contributed by atoms with E-state index in [2.05, 4.69) is 18.7 Å². The van der Waals surface area contributed by atoms with Gasteiger partial charge in [0.05, 0.1) is 12.7 Å². The number of benzene rings is 1. The highest BCUT2D eigenvalue weighted by molar-refractivity contribution is 6.00. The van der Waals surface area contributed by atoms with Crippen LogP contribution in [0.1, 0.15) is 31.1 Å². The molecule has 18 heavy (non-hydrogen) atoms. The molecule has 0 aromatic heterocycles. The Morgan fingerprint density at radius 1 is 1.44 bits per heavy atom. The van der Waals surface area contributed by atoms with Crippen LogP contribution in [0.5, 0.6) is 0 Å². The molecule has 4 nitrogen and oxygen atoms in total. The third-order valence-corrected chi connectivity index (χ3v) is 3.36. The van der Waals surface area contributed by atoms with Gasteiger partial charge in [-0.25, -0.2) is 0 Å². The second kappa shape index (κ2) is 4.98. The van der Waals surface area contributed by atoms with Gasteiger partial charge in [0.2, 0.25) is 0 Å². The van der Waals surface area contributed by atoms with Gasteiger partial charge in [-0.1, -0.05) is 0 Å². The van der Waals surface area contributed by atoms with Crippen molar-refractivity contribution in [2.75, 3.05) is 23.8 Å². The number of rotatable bonds is 2. The Labute approximate surface area is 108 Å². The van der Waals surface area contributed by atoms with Crippen LogP contribution >= 0.6 is 0 Å². The van der Waals surface area contributed by atoms with Gasteiger partial charge < -0.3 is 15.4 Å². The molecule has 0 radical (unpaired) electrons. The minimum Gasteiger partial charge on any atom is -0.398 e. The van der Waals surface area contributed by atoms with Crippen molar-refractivity contribution < 1.29 is 9.53 Å². The van der Waals surface area contributed by atoms with Crippen LogP contribution in [0.3, 0.4) is 0 Å². The number of anilines is 2. The molecular weight excluding hydrogens is 228 g/mol. The molecule has 2 N–H and O–H groups in total. The molecule has 0 bridgehead atoms. The molecule has 1 fully saturated rings. The largest absolute Gasteiger partial charge is 0.398 e. The Hall–Kier alpha value is -1.55. The number of hydrogen-bond acceptors (Lipinski definition) is 4. The molecule has 0 aliphatic carbocycles. The fourth-order valence-electron chi connectivity index (χ4n) is 2.29. The molecule has 2 unspecified atom stereocenters. The van der Waals surface area contributed by atoms with Gasteiger partial charge in [-0.3, -0.25) is 4.79 Å². The molecule has 0 amide bonds. The predicted octanol–water partition coefficient (Wildman–Crippen LogP) is 2.08. The van der Waals surface area contributed by atoms with Gasteiger partial charge in [-0.2, -0.15) is 0 Å². The maximum atomic E-state index is 11.5. The summed E-state index contributed by atoms with van der Waals surface area (Å²) in [6.07, 6.45) is 0.208. The molecule has 1 heterocycles. The Kier molecular flexibility index (Phi) is 3.57. The zero-order valence-electron chi connectivity index (χ0n) is 11.1. The number of Topliss-reactive ketones (excluding diaryl/α,β-unsaturated/α-hetero) is 1. The van der Waals surface area contributed by atoms with Crippen LogP contribution in [0.25, 0.3) is 0 Å². The third-order valence-electron chi connectivity index (χ3n) is 3.36. The second-order valence-corrected chi connectivity index (χ2v) is 4.97. The topological polar surface area (TPSA) is 55.6 Å². The van der Waals surface area contributed by atoms with Gasteiger partial charge in [-0.05, 0) is 39.0 Å². The van der Waals surface area contributed by atoms with Crippen LogP contribution in [-0.4, -0.2) is 31.1 Å². The minimum absolute atomic E-state index is 0.00307. The summed E-state index contributed by atoms with van der Waals surface area (Å²) in [4.78, 5) is 13.8. The summed E-state index contributed by atoms with van der Waals surface area (Å²) in [5, 5.41) is 0. The zero-order chi connectivity index (χ0) is 13.3. The number of carbonyl (C=O) groups excluding carboxylic acids is 1. The average molecular weight is 248 g/mol. The van der Waals surface area contributed by atoms with Crippen LogP contribution < -0.4 is 10.6 Å². The highest BCUT2D eigenvalue weighted by Crippen LogP contribution is 2.25. The van der Waals surface area contributed by atoms with Gasteiger partial charge >= 0.3 is 0 Å². The summed E-state index contributed by atoms with van der Waals surface area (Å²) >= 11 is 0. The maximum absolute atomic E-state index is 11.5. The van der Waals surface area contributed by atoms with E-state index < -0.39 is 0 Å². The first kappa shape index (κ1) is 12.9. The van der Waals surface area contributed by atoms with Gasteiger partial charge in [0.15, 0.2) is 5.78 Å². The van der Waals surface area contributed by atoms with Crippen molar-refractivity contribution >= 4 is 17.2 Å². The first-order valence-electron chi connectivity index (χ1n) is 6.27. The number of nitrogens with zero attached hydrogens (tertiary/aromatic N) is 1. The van der Waals surface area contributed by atoms with Crippen molar-refractivity contribution in [2.45, 2.75) is 32.9 Å². The van der Waals surface area contributed by atoms with E-state index in [1.165, 1.54) is 0 Å². The van der Waals surface area contributed by atoms with E-state index in [1.807, 2.05) is 12.1 Å². The third kappa shape index (κ3) is 2.48. The number of ether oxygens (including phenoxy) is 1. The SMILES string of the molecule is CC(=O)c1cc(N2CC(C)OCC2C)ccc1N. The molecule has 1 aliphatic heterocycles. The summed E-state index contributed by atoms with van der Waals surface area (Å²) in [5.41, 5.74) is 7.99. The van der Waals surface area contributed by atoms with E-state index in [1.54, 1.807) is 13.0 Å². The number of carbonyl (C=O) groups is 1. The van der Waals surface area contributed by atoms with Crippen molar-refractivity contribution in [1.82, 2.24) is 0 Å². The van der Waals surface area contributed by atoms with Crippen LogP contribution in [0.15, 0.2) is 18.2 Å². The summed E-state index contributed by atoms with van der Waals surface area (Å²) < 4.78 is 5.61. The first-order chi connectivity index (χ1) is 8.49. The minimum atomic E-state index is 0.00307. The molecule has 0 spiro atoms. The highest BCUT2D eigenvalue weighted by atomic mass is 16.5. The Morgan fingerprint density at radius 2 is 2.17 bits per heavy atom. The molecular formula is C14H20N2O2. The lowest BCUT2D eigenvalue weighted by Gasteiger charge is -2.38. The standard InChI is InChI=1S/C14H20N2O2/c1-9-8-18-10(2)7-16(9)12-4-5-14(15)13(6-12)11(3)17/h4-6,9-10H,7-8,15H2,1-3H3. The highest BCUT2D eigenvalue weighted by Gasteiger charge is 2.24. The van der Waals surface area contributed by atoms with Gasteiger partial charge in [0.1, 0.15) is 0 Å². The summed E-state index contributed by atoms with van der Waals surface area (Å²) in [6.45, 7) is 7.27. The molecule has 98 valence electrons. The Balaban J connectivity index is 2.32. The molecule has 1 aromatic rings. The second-order valence-electron chi connectivity index (χ2n) is 4.97. The lowest BCUT2D eigenvalue weighted by atomic mass is 10.1. The lowest BCUT2D eigenvalue weighted by Crippen LogP contribution is -2.47. The lowest BCUT2D eigenvalue weighted by molar-refractivity contribution is 0.0344. The number of morpholine rings is 1. The molecule has 1 aromatic carbocycles. The molecule has 1 saturated heterocycles.